The molecule has 3 nitrogen and oxygen atoms in total. The Kier molecular flexibility index (Phi) is 4.63. The first-order chi connectivity index (χ1) is 8.99. The summed E-state index contributed by atoms with van der Waals surface area (Å²) in [6, 6.07) is 8.71. The molecule has 1 aromatic carbocycles. The number of rotatable bonds is 4. The minimum atomic E-state index is -3.35. The van der Waals surface area contributed by atoms with Gasteiger partial charge in [-0.25, -0.2) is 13.1 Å². The average Bonchev–Trinajstić information content (AvgIpc) is 2.40. The van der Waals surface area contributed by atoms with Gasteiger partial charge in [0.05, 0.1) is 4.90 Å². The molecule has 2 rings (SSSR count). The van der Waals surface area contributed by atoms with Gasteiger partial charge in [0, 0.05) is 6.04 Å². The van der Waals surface area contributed by atoms with Crippen molar-refractivity contribution in [2.45, 2.75) is 50.5 Å². The molecule has 106 valence electrons. The third-order valence-corrected chi connectivity index (χ3v) is 5.63. The van der Waals surface area contributed by atoms with Crippen LogP contribution >= 0.6 is 0 Å². The summed E-state index contributed by atoms with van der Waals surface area (Å²) in [6.45, 7) is 4.50. The molecule has 0 radical (unpaired) electrons. The highest BCUT2D eigenvalue weighted by atomic mass is 32.2. The molecule has 1 fully saturated rings. The van der Waals surface area contributed by atoms with Crippen molar-refractivity contribution >= 4 is 10.0 Å². The van der Waals surface area contributed by atoms with Gasteiger partial charge >= 0.3 is 0 Å². The molecule has 0 heterocycles. The van der Waals surface area contributed by atoms with Gasteiger partial charge in [-0.1, -0.05) is 32.0 Å². The van der Waals surface area contributed by atoms with Crippen LogP contribution in [0, 0.1) is 11.8 Å². The lowest BCUT2D eigenvalue weighted by molar-refractivity contribution is 0.252. The maximum Gasteiger partial charge on any atom is 0.240 e. The summed E-state index contributed by atoms with van der Waals surface area (Å²) in [7, 11) is -3.35. The summed E-state index contributed by atoms with van der Waals surface area (Å²) in [4.78, 5) is 0.362. The molecule has 1 aliphatic rings. The number of nitrogens with one attached hydrogen (secondary N) is 1. The lowest BCUT2D eigenvalue weighted by Gasteiger charge is -2.31. The largest absolute Gasteiger partial charge is 0.240 e. The van der Waals surface area contributed by atoms with Gasteiger partial charge in [0.1, 0.15) is 0 Å². The lowest BCUT2D eigenvalue weighted by atomic mass is 9.80. The summed E-state index contributed by atoms with van der Waals surface area (Å²) in [5.41, 5.74) is 0. The van der Waals surface area contributed by atoms with Gasteiger partial charge in [-0.15, -0.1) is 0 Å². The molecule has 0 aliphatic heterocycles. The lowest BCUT2D eigenvalue weighted by Crippen LogP contribution is -2.38. The molecule has 0 atom stereocenters. The van der Waals surface area contributed by atoms with E-state index in [4.69, 9.17) is 0 Å². The second-order valence-electron chi connectivity index (χ2n) is 5.79. The highest BCUT2D eigenvalue weighted by molar-refractivity contribution is 7.89. The quantitative estimate of drug-likeness (QED) is 0.921. The maximum atomic E-state index is 12.2. The van der Waals surface area contributed by atoms with Crippen molar-refractivity contribution in [3.63, 3.8) is 0 Å². The number of hydrogen-bond acceptors (Lipinski definition) is 2. The topological polar surface area (TPSA) is 46.2 Å². The second-order valence-corrected chi connectivity index (χ2v) is 7.50. The van der Waals surface area contributed by atoms with E-state index in [2.05, 4.69) is 18.6 Å². The minimum absolute atomic E-state index is 0.0974. The van der Waals surface area contributed by atoms with Crippen molar-refractivity contribution in [2.24, 2.45) is 11.8 Å². The summed E-state index contributed by atoms with van der Waals surface area (Å²) >= 11 is 0. The van der Waals surface area contributed by atoms with Gasteiger partial charge in [-0.2, -0.15) is 0 Å². The third kappa shape index (κ3) is 3.80. The first-order valence-electron chi connectivity index (χ1n) is 7.06. The van der Waals surface area contributed by atoms with Gasteiger partial charge in [0.25, 0.3) is 0 Å². The molecule has 0 aromatic heterocycles. The molecule has 0 saturated heterocycles. The fraction of sp³-hybridized carbons (Fsp3) is 0.600. The van der Waals surface area contributed by atoms with E-state index in [9.17, 15) is 8.42 Å². The van der Waals surface area contributed by atoms with Gasteiger partial charge in [-0.3, -0.25) is 0 Å². The molecular weight excluding hydrogens is 258 g/mol. The summed E-state index contributed by atoms with van der Waals surface area (Å²) in [5, 5.41) is 0. The van der Waals surface area contributed by atoms with Crippen LogP contribution in [0.15, 0.2) is 35.2 Å². The zero-order chi connectivity index (χ0) is 13.9. The molecular formula is C15H23NO2S. The molecule has 1 saturated carbocycles. The van der Waals surface area contributed by atoms with E-state index in [-0.39, 0.29) is 6.04 Å². The predicted octanol–water partition coefficient (Wildman–Crippen LogP) is 3.18. The van der Waals surface area contributed by atoms with Crippen molar-refractivity contribution in [3.8, 4) is 0 Å². The third-order valence-electron chi connectivity index (χ3n) is 4.09. The Labute approximate surface area is 116 Å². The van der Waals surface area contributed by atoms with E-state index in [1.807, 2.05) is 6.07 Å². The average molecular weight is 281 g/mol. The van der Waals surface area contributed by atoms with E-state index in [1.54, 1.807) is 24.3 Å². The standard InChI is InChI=1S/C15H23NO2S/c1-12(2)13-8-10-14(11-9-13)16-19(17,18)15-6-4-3-5-7-15/h3-7,12-14,16H,8-11H2,1-2H3. The summed E-state index contributed by atoms with van der Waals surface area (Å²) in [6.07, 6.45) is 4.16. The smallest absolute Gasteiger partial charge is 0.208 e. The van der Waals surface area contributed by atoms with E-state index in [1.165, 1.54) is 0 Å². The molecule has 0 amide bonds. The van der Waals surface area contributed by atoms with Crippen LogP contribution in [-0.4, -0.2) is 14.5 Å². The molecule has 0 unspecified atom stereocenters. The van der Waals surface area contributed by atoms with Gasteiger partial charge < -0.3 is 0 Å². The van der Waals surface area contributed by atoms with Crippen LogP contribution in [0.5, 0.6) is 0 Å². The first kappa shape index (κ1) is 14.5. The van der Waals surface area contributed by atoms with Crippen LogP contribution in [0.3, 0.4) is 0 Å². The molecule has 1 aromatic rings. The maximum absolute atomic E-state index is 12.2. The molecule has 0 bridgehead atoms. The van der Waals surface area contributed by atoms with Gasteiger partial charge in [0.2, 0.25) is 10.0 Å². The van der Waals surface area contributed by atoms with Crippen LogP contribution in [0.25, 0.3) is 0 Å². The van der Waals surface area contributed by atoms with Crippen LogP contribution < -0.4 is 4.72 Å². The Morgan fingerprint density at radius 3 is 2.16 bits per heavy atom. The molecule has 0 spiro atoms. The van der Waals surface area contributed by atoms with E-state index in [0.29, 0.717) is 10.8 Å². The Hall–Kier alpha value is -0.870. The van der Waals surface area contributed by atoms with Gasteiger partial charge in [0.15, 0.2) is 0 Å². The zero-order valence-electron chi connectivity index (χ0n) is 11.7. The molecule has 1 aliphatic carbocycles. The number of sulfonamides is 1. The zero-order valence-corrected chi connectivity index (χ0v) is 12.5. The van der Waals surface area contributed by atoms with Crippen molar-refractivity contribution in [2.75, 3.05) is 0 Å². The van der Waals surface area contributed by atoms with Crippen molar-refractivity contribution < 1.29 is 8.42 Å². The monoisotopic (exact) mass is 281 g/mol. The van der Waals surface area contributed by atoms with Crippen LogP contribution in [0.1, 0.15) is 39.5 Å². The van der Waals surface area contributed by atoms with Crippen LogP contribution in [0.4, 0.5) is 0 Å². The fourth-order valence-corrected chi connectivity index (χ4v) is 4.12. The fourth-order valence-electron chi connectivity index (χ4n) is 2.79. The number of benzene rings is 1. The Morgan fingerprint density at radius 2 is 1.63 bits per heavy atom. The molecule has 1 N–H and O–H groups in total. The Bertz CT molecular complexity index is 488. The van der Waals surface area contributed by atoms with Gasteiger partial charge in [-0.05, 0) is 49.7 Å². The highest BCUT2D eigenvalue weighted by Gasteiger charge is 2.26. The Balaban J connectivity index is 1.96. The predicted molar refractivity (Wildman–Crippen MR) is 77.3 cm³/mol. The van der Waals surface area contributed by atoms with Crippen molar-refractivity contribution in [1.29, 1.82) is 0 Å². The molecule has 4 heteroatoms. The highest BCUT2D eigenvalue weighted by Crippen LogP contribution is 2.30. The van der Waals surface area contributed by atoms with Crippen molar-refractivity contribution in [1.82, 2.24) is 4.72 Å². The molecule has 19 heavy (non-hydrogen) atoms. The summed E-state index contributed by atoms with van der Waals surface area (Å²) in [5.74, 6) is 1.45. The SMILES string of the molecule is CC(C)C1CCC(NS(=O)(=O)c2ccccc2)CC1. The van der Waals surface area contributed by atoms with E-state index in [0.717, 1.165) is 31.6 Å². The second kappa shape index (κ2) is 6.06. The van der Waals surface area contributed by atoms with Crippen LogP contribution in [0.2, 0.25) is 0 Å². The Morgan fingerprint density at radius 1 is 1.05 bits per heavy atom. The normalized spacial score (nSPS) is 24.6. The number of hydrogen-bond donors (Lipinski definition) is 1. The first-order valence-corrected chi connectivity index (χ1v) is 8.55. The van der Waals surface area contributed by atoms with E-state index >= 15 is 0 Å². The minimum Gasteiger partial charge on any atom is -0.208 e. The summed E-state index contributed by atoms with van der Waals surface area (Å²) < 4.78 is 27.3. The van der Waals surface area contributed by atoms with Crippen LogP contribution in [-0.2, 0) is 10.0 Å². The van der Waals surface area contributed by atoms with Crippen molar-refractivity contribution in [3.05, 3.63) is 30.3 Å². The van der Waals surface area contributed by atoms with E-state index < -0.39 is 10.0 Å².